The molecule has 4 nitrogen and oxygen atoms in total. The minimum absolute atomic E-state index is 0.249. The number of hydrogen-bond acceptors (Lipinski definition) is 3. The number of fused-ring (bicyclic) bond motifs is 1. The lowest BCUT2D eigenvalue weighted by Crippen LogP contribution is -2.30. The van der Waals surface area contributed by atoms with Crippen LogP contribution >= 0.6 is 0 Å². The maximum atomic E-state index is 14.1. The van der Waals surface area contributed by atoms with Gasteiger partial charge in [0.1, 0.15) is 17.2 Å². The number of halogens is 1. The normalized spacial score (nSPS) is 21.5. The molecule has 2 aromatic carbocycles. The second kappa shape index (κ2) is 6.44. The van der Waals surface area contributed by atoms with Crippen LogP contribution < -0.4 is 0 Å². The Labute approximate surface area is 162 Å². The third-order valence-electron chi connectivity index (χ3n) is 5.82. The Kier molecular flexibility index (Phi) is 3.90. The fraction of sp³-hybridized carbons (Fsp3) is 0.217. The predicted molar refractivity (Wildman–Crippen MR) is 106 cm³/mol. The van der Waals surface area contributed by atoms with Gasteiger partial charge in [-0.2, -0.15) is 5.10 Å². The molecule has 28 heavy (non-hydrogen) atoms. The first-order valence-electron chi connectivity index (χ1n) is 9.51. The largest absolute Gasteiger partial charge is 0.411 e. The molecule has 0 amide bonds. The summed E-state index contributed by atoms with van der Waals surface area (Å²) in [5.74, 6) is 0.0376. The van der Waals surface area contributed by atoms with Gasteiger partial charge in [-0.25, -0.2) is 4.39 Å². The number of H-pyrrole nitrogens is 1. The average molecular weight is 373 g/mol. The van der Waals surface area contributed by atoms with E-state index in [9.17, 15) is 9.60 Å². The van der Waals surface area contributed by atoms with E-state index in [1.54, 1.807) is 12.1 Å². The van der Waals surface area contributed by atoms with E-state index < -0.39 is 5.41 Å². The molecule has 1 fully saturated rings. The third kappa shape index (κ3) is 2.66. The molecular weight excluding hydrogens is 353 g/mol. The van der Waals surface area contributed by atoms with Gasteiger partial charge in [-0.15, -0.1) is 0 Å². The molecule has 1 saturated carbocycles. The Morgan fingerprint density at radius 3 is 2.61 bits per heavy atom. The standard InChI is InChI=1S/C23H20FN3O/c24-18-8-4-7-17(13-18)23(16-5-2-1-3-6-16)12-11-19-20(14-23)25-26-22(19)21(27-28)15-9-10-15/h1-8,11-13,15,28H,9-10,14H2,(H,25,26)/b27-21+. The van der Waals surface area contributed by atoms with E-state index in [1.165, 1.54) is 6.07 Å². The summed E-state index contributed by atoms with van der Waals surface area (Å²) in [7, 11) is 0. The molecule has 0 aliphatic heterocycles. The van der Waals surface area contributed by atoms with Gasteiger partial charge in [0.2, 0.25) is 0 Å². The molecule has 140 valence electrons. The van der Waals surface area contributed by atoms with Gasteiger partial charge in [0.15, 0.2) is 0 Å². The maximum Gasteiger partial charge on any atom is 0.123 e. The Balaban J connectivity index is 1.64. The summed E-state index contributed by atoms with van der Waals surface area (Å²) < 4.78 is 14.1. The fourth-order valence-electron chi connectivity index (χ4n) is 4.20. The van der Waals surface area contributed by atoms with Crippen LogP contribution in [0.4, 0.5) is 4.39 Å². The molecule has 0 bridgehead atoms. The Hall–Kier alpha value is -3.21. The van der Waals surface area contributed by atoms with E-state index in [1.807, 2.05) is 30.3 Å². The fourth-order valence-corrected chi connectivity index (χ4v) is 4.20. The molecule has 1 unspecified atom stereocenters. The highest BCUT2D eigenvalue weighted by Crippen LogP contribution is 2.43. The van der Waals surface area contributed by atoms with Crippen molar-refractivity contribution in [1.29, 1.82) is 0 Å². The van der Waals surface area contributed by atoms with Crippen molar-refractivity contribution in [3.05, 3.63) is 94.6 Å². The van der Waals surface area contributed by atoms with Gasteiger partial charge < -0.3 is 5.21 Å². The van der Waals surface area contributed by atoms with Crippen LogP contribution in [0.5, 0.6) is 0 Å². The zero-order chi connectivity index (χ0) is 19.1. The zero-order valence-corrected chi connectivity index (χ0v) is 15.3. The molecule has 2 aliphatic rings. The molecule has 0 saturated heterocycles. The van der Waals surface area contributed by atoms with Crippen molar-refractivity contribution in [2.75, 3.05) is 0 Å². The van der Waals surface area contributed by atoms with Crippen LogP contribution in [0.1, 0.15) is 40.9 Å². The maximum absolute atomic E-state index is 14.1. The Bertz CT molecular complexity index is 1080. The van der Waals surface area contributed by atoms with Gasteiger partial charge in [-0.1, -0.05) is 59.8 Å². The van der Waals surface area contributed by atoms with Crippen molar-refractivity contribution in [2.45, 2.75) is 24.7 Å². The lowest BCUT2D eigenvalue weighted by molar-refractivity contribution is 0.317. The summed E-state index contributed by atoms with van der Waals surface area (Å²) in [5, 5.41) is 20.6. The number of aromatic nitrogens is 2. The average Bonchev–Trinajstić information content (AvgIpc) is 3.49. The second-order valence-corrected chi connectivity index (χ2v) is 7.58. The molecule has 0 radical (unpaired) electrons. The van der Waals surface area contributed by atoms with E-state index in [2.05, 4.69) is 33.6 Å². The highest BCUT2D eigenvalue weighted by Gasteiger charge is 2.39. The van der Waals surface area contributed by atoms with Gasteiger partial charge >= 0.3 is 0 Å². The van der Waals surface area contributed by atoms with Crippen LogP contribution in [-0.4, -0.2) is 21.1 Å². The van der Waals surface area contributed by atoms with Gasteiger partial charge in [0, 0.05) is 29.0 Å². The predicted octanol–water partition coefficient (Wildman–Crippen LogP) is 4.69. The van der Waals surface area contributed by atoms with Crippen molar-refractivity contribution >= 4 is 11.8 Å². The first-order chi connectivity index (χ1) is 13.7. The Morgan fingerprint density at radius 1 is 1.11 bits per heavy atom. The molecule has 1 heterocycles. The SMILES string of the molecule is O/N=C(/c1n[nH]c2c1C=CC(c1ccccc1)(c1cccc(F)c1)C2)C1CC1. The number of oxime groups is 1. The van der Waals surface area contributed by atoms with E-state index in [-0.39, 0.29) is 11.7 Å². The Morgan fingerprint density at radius 2 is 1.89 bits per heavy atom. The second-order valence-electron chi connectivity index (χ2n) is 7.58. The number of aromatic amines is 1. The van der Waals surface area contributed by atoms with Crippen molar-refractivity contribution in [2.24, 2.45) is 11.1 Å². The number of hydrogen-bond donors (Lipinski definition) is 2. The number of benzene rings is 2. The molecule has 1 atom stereocenters. The van der Waals surface area contributed by atoms with Crippen LogP contribution in [0.25, 0.3) is 6.08 Å². The van der Waals surface area contributed by atoms with Crippen molar-refractivity contribution in [3.63, 3.8) is 0 Å². The monoisotopic (exact) mass is 373 g/mol. The topological polar surface area (TPSA) is 61.3 Å². The van der Waals surface area contributed by atoms with Crippen LogP contribution in [-0.2, 0) is 11.8 Å². The minimum Gasteiger partial charge on any atom is -0.411 e. The summed E-state index contributed by atoms with van der Waals surface area (Å²) in [6, 6.07) is 16.9. The first-order valence-corrected chi connectivity index (χ1v) is 9.51. The van der Waals surface area contributed by atoms with Crippen molar-refractivity contribution < 1.29 is 9.60 Å². The summed E-state index contributed by atoms with van der Waals surface area (Å²) in [5.41, 5.74) is 4.80. The van der Waals surface area contributed by atoms with Gasteiger partial charge in [0.05, 0.1) is 0 Å². The van der Waals surface area contributed by atoms with Crippen LogP contribution in [0, 0.1) is 11.7 Å². The number of rotatable bonds is 4. The number of nitrogens with zero attached hydrogens (tertiary/aromatic N) is 2. The molecular formula is C23H20FN3O. The molecule has 3 aromatic rings. The van der Waals surface area contributed by atoms with Crippen LogP contribution in [0.15, 0.2) is 65.8 Å². The van der Waals surface area contributed by atoms with Crippen molar-refractivity contribution in [1.82, 2.24) is 10.2 Å². The molecule has 5 heteroatoms. The van der Waals surface area contributed by atoms with E-state index >= 15 is 0 Å². The van der Waals surface area contributed by atoms with Crippen molar-refractivity contribution in [3.8, 4) is 0 Å². The summed E-state index contributed by atoms with van der Waals surface area (Å²) in [6.45, 7) is 0. The molecule has 0 spiro atoms. The van der Waals surface area contributed by atoms with Gasteiger partial charge in [-0.05, 0) is 36.1 Å². The van der Waals surface area contributed by atoms with Crippen LogP contribution in [0.2, 0.25) is 0 Å². The molecule has 2 aliphatic carbocycles. The summed E-state index contributed by atoms with van der Waals surface area (Å²) in [6.07, 6.45) is 6.84. The third-order valence-corrected chi connectivity index (χ3v) is 5.82. The van der Waals surface area contributed by atoms with Gasteiger partial charge in [-0.3, -0.25) is 5.10 Å². The van der Waals surface area contributed by atoms with Gasteiger partial charge in [0.25, 0.3) is 0 Å². The molecule has 2 N–H and O–H groups in total. The minimum atomic E-state index is -0.490. The lowest BCUT2D eigenvalue weighted by Gasteiger charge is -2.34. The molecule has 1 aromatic heterocycles. The quantitative estimate of drug-likeness (QED) is 0.396. The van der Waals surface area contributed by atoms with E-state index in [0.29, 0.717) is 12.1 Å². The van der Waals surface area contributed by atoms with E-state index in [0.717, 1.165) is 40.9 Å². The summed E-state index contributed by atoms with van der Waals surface area (Å²) >= 11 is 0. The number of allylic oxidation sites excluding steroid dienone is 1. The first kappa shape index (κ1) is 16.9. The number of nitrogens with one attached hydrogen (secondary N) is 1. The smallest absolute Gasteiger partial charge is 0.123 e. The summed E-state index contributed by atoms with van der Waals surface area (Å²) in [4.78, 5) is 0. The highest BCUT2D eigenvalue weighted by atomic mass is 19.1. The van der Waals surface area contributed by atoms with Crippen LogP contribution in [0.3, 0.4) is 0 Å². The highest BCUT2D eigenvalue weighted by molar-refractivity contribution is 6.04. The van der Waals surface area contributed by atoms with E-state index in [4.69, 9.17) is 0 Å². The lowest BCUT2D eigenvalue weighted by atomic mass is 9.68. The zero-order valence-electron chi connectivity index (χ0n) is 15.3. The molecule has 5 rings (SSSR count).